The number of hydrogen-bond acceptors (Lipinski definition) is 8. The van der Waals surface area contributed by atoms with Crippen LogP contribution in [0.1, 0.15) is 10.4 Å². The van der Waals surface area contributed by atoms with Gasteiger partial charge in [0, 0.05) is 30.2 Å². The third-order valence-corrected chi connectivity index (χ3v) is 6.93. The summed E-state index contributed by atoms with van der Waals surface area (Å²) in [5.41, 5.74) is -0.878. The lowest BCUT2D eigenvalue weighted by atomic mass is 10.2. The van der Waals surface area contributed by atoms with Crippen molar-refractivity contribution in [3.8, 4) is 28.7 Å². The molecule has 13 heteroatoms. The van der Waals surface area contributed by atoms with E-state index in [1.54, 1.807) is 36.4 Å². The highest BCUT2D eigenvalue weighted by Crippen LogP contribution is 2.29. The first-order valence-electron chi connectivity index (χ1n) is 14.8. The maximum Gasteiger partial charge on any atom is 0.430 e. The fraction of sp³-hybridized carbons (Fsp3) is 0. The Balaban J connectivity index is 1.19. The van der Waals surface area contributed by atoms with E-state index in [1.807, 2.05) is 0 Å². The monoisotopic (exact) mass is 674 g/mol. The molecule has 6 aromatic rings. The molecule has 0 radical (unpaired) electrons. The molecular formula is C37H24F2N4O7. The van der Waals surface area contributed by atoms with E-state index in [0.717, 1.165) is 10.6 Å². The second-order valence-electron chi connectivity index (χ2n) is 10.3. The molecule has 0 aliphatic heterocycles. The van der Waals surface area contributed by atoms with E-state index in [2.05, 4.69) is 10.3 Å². The van der Waals surface area contributed by atoms with Gasteiger partial charge in [-0.3, -0.25) is 14.2 Å². The molecule has 3 amide bonds. The molecule has 0 fully saturated rings. The van der Waals surface area contributed by atoms with Crippen LogP contribution in [0.4, 0.5) is 29.9 Å². The van der Waals surface area contributed by atoms with Crippen LogP contribution in [0, 0.1) is 11.6 Å². The number of imide groups is 1. The summed E-state index contributed by atoms with van der Waals surface area (Å²) < 4.78 is 46.2. The number of aromatic nitrogens is 2. The van der Waals surface area contributed by atoms with Gasteiger partial charge in [0.1, 0.15) is 40.2 Å². The van der Waals surface area contributed by atoms with E-state index < -0.39 is 35.3 Å². The molecule has 2 aromatic heterocycles. The first kappa shape index (κ1) is 32.8. The molecule has 11 nitrogen and oxygen atoms in total. The largest absolute Gasteiger partial charge is 0.457 e. The number of rotatable bonds is 8. The number of benzene rings is 4. The van der Waals surface area contributed by atoms with Gasteiger partial charge in [0.15, 0.2) is 5.82 Å². The molecular weight excluding hydrogens is 650 g/mol. The highest BCUT2D eigenvalue weighted by Gasteiger charge is 2.30. The van der Waals surface area contributed by atoms with Crippen molar-refractivity contribution in [3.05, 3.63) is 167 Å². The highest BCUT2D eigenvalue weighted by molar-refractivity contribution is 6.10. The molecule has 0 saturated heterocycles. The van der Waals surface area contributed by atoms with Crippen LogP contribution in [0.15, 0.2) is 145 Å². The molecule has 2 heterocycles. The number of pyridine rings is 2. The van der Waals surface area contributed by atoms with E-state index >= 15 is 4.39 Å². The van der Waals surface area contributed by atoms with Crippen LogP contribution >= 0.6 is 0 Å². The summed E-state index contributed by atoms with van der Waals surface area (Å²) in [6, 6.07) is 30.2. The van der Waals surface area contributed by atoms with Gasteiger partial charge in [-0.05, 0) is 78.9 Å². The van der Waals surface area contributed by atoms with E-state index in [9.17, 15) is 23.6 Å². The standard InChI is InChI=1S/C37H24F2N4O7/c38-24-13-15-25(16-14-24)42-21-7-12-30(35(42)45)34(44)41-32-18-17-28(22-31(32)39)48-29-19-20-40-33(23-29)43(36(46)49-26-8-3-1-4-9-26)37(47)50-27-10-5-2-6-11-27/h1-23H,(H,41,44). The van der Waals surface area contributed by atoms with Crippen molar-refractivity contribution < 1.29 is 37.4 Å². The number of anilines is 2. The van der Waals surface area contributed by atoms with Crippen LogP contribution in [-0.2, 0) is 0 Å². The summed E-state index contributed by atoms with van der Waals surface area (Å²) in [7, 11) is 0. The number of carbonyl (C=O) groups is 3. The van der Waals surface area contributed by atoms with Crippen molar-refractivity contribution >= 4 is 29.6 Å². The van der Waals surface area contributed by atoms with Crippen molar-refractivity contribution in [2.24, 2.45) is 0 Å². The van der Waals surface area contributed by atoms with Gasteiger partial charge in [0.25, 0.3) is 11.5 Å². The lowest BCUT2D eigenvalue weighted by Crippen LogP contribution is -2.41. The Morgan fingerprint density at radius 2 is 1.30 bits per heavy atom. The van der Waals surface area contributed by atoms with Gasteiger partial charge >= 0.3 is 12.2 Å². The van der Waals surface area contributed by atoms with Gasteiger partial charge in [-0.1, -0.05) is 36.4 Å². The summed E-state index contributed by atoms with van der Waals surface area (Å²) in [6.45, 7) is 0. The zero-order valence-corrected chi connectivity index (χ0v) is 25.7. The third-order valence-electron chi connectivity index (χ3n) is 6.93. The van der Waals surface area contributed by atoms with Crippen molar-refractivity contribution in [1.82, 2.24) is 9.55 Å². The smallest absolute Gasteiger partial charge is 0.430 e. The van der Waals surface area contributed by atoms with E-state index in [0.29, 0.717) is 10.6 Å². The van der Waals surface area contributed by atoms with Crippen LogP contribution < -0.4 is 30.0 Å². The number of amides is 3. The Bertz CT molecular complexity index is 2180. The predicted molar refractivity (Wildman–Crippen MR) is 178 cm³/mol. The van der Waals surface area contributed by atoms with Gasteiger partial charge in [-0.2, -0.15) is 4.90 Å². The Labute approximate surface area is 282 Å². The van der Waals surface area contributed by atoms with Crippen molar-refractivity contribution in [3.63, 3.8) is 0 Å². The average molecular weight is 675 g/mol. The summed E-state index contributed by atoms with van der Waals surface area (Å²) in [5, 5.41) is 2.37. The zero-order valence-electron chi connectivity index (χ0n) is 25.7. The Hall–Kier alpha value is -7.15. The number of carbonyl (C=O) groups excluding carboxylic acids is 3. The van der Waals surface area contributed by atoms with Crippen LogP contribution in [-0.4, -0.2) is 27.6 Å². The van der Waals surface area contributed by atoms with Crippen LogP contribution in [0.25, 0.3) is 5.69 Å². The third kappa shape index (κ3) is 7.69. The molecule has 0 saturated carbocycles. The van der Waals surface area contributed by atoms with E-state index in [-0.39, 0.29) is 40.1 Å². The zero-order chi connectivity index (χ0) is 35.0. The fourth-order valence-electron chi connectivity index (χ4n) is 4.58. The van der Waals surface area contributed by atoms with Gasteiger partial charge < -0.3 is 19.5 Å². The summed E-state index contributed by atoms with van der Waals surface area (Å²) in [6.07, 6.45) is 0.445. The maximum atomic E-state index is 15.2. The van der Waals surface area contributed by atoms with Crippen LogP contribution in [0.2, 0.25) is 0 Å². The first-order chi connectivity index (χ1) is 24.2. The van der Waals surface area contributed by atoms with Crippen molar-refractivity contribution in [1.29, 1.82) is 0 Å². The quantitative estimate of drug-likeness (QED) is 0.174. The number of halogens is 2. The normalized spacial score (nSPS) is 10.5. The molecule has 6 rings (SSSR count). The van der Waals surface area contributed by atoms with Crippen LogP contribution in [0.3, 0.4) is 0 Å². The fourth-order valence-corrected chi connectivity index (χ4v) is 4.58. The SMILES string of the molecule is O=C(Nc1ccc(Oc2ccnc(N(C(=O)Oc3ccccc3)C(=O)Oc3ccccc3)c2)cc1F)c1cccn(-c2ccc(F)cc2)c1=O. The first-order valence-corrected chi connectivity index (χ1v) is 14.8. The minimum Gasteiger partial charge on any atom is -0.457 e. The van der Waals surface area contributed by atoms with E-state index in [4.69, 9.17) is 14.2 Å². The highest BCUT2D eigenvalue weighted by atomic mass is 19.1. The minimum absolute atomic E-state index is 0.0127. The lowest BCUT2D eigenvalue weighted by Gasteiger charge is -2.19. The van der Waals surface area contributed by atoms with Crippen LogP contribution in [0.5, 0.6) is 23.0 Å². The average Bonchev–Trinajstić information content (AvgIpc) is 3.11. The number of nitrogens with zero attached hydrogens (tertiary/aromatic N) is 3. The number of hydrogen-bond donors (Lipinski definition) is 1. The second-order valence-corrected chi connectivity index (χ2v) is 10.3. The molecule has 248 valence electrons. The van der Waals surface area contributed by atoms with Gasteiger partial charge in [0.2, 0.25) is 0 Å². The molecule has 0 unspecified atom stereocenters. The molecule has 0 aliphatic rings. The van der Waals surface area contributed by atoms with Gasteiger partial charge in [0.05, 0.1) is 5.69 Å². The summed E-state index contributed by atoms with van der Waals surface area (Å²) in [5.74, 6) is -2.10. The predicted octanol–water partition coefficient (Wildman–Crippen LogP) is 7.76. The maximum absolute atomic E-state index is 15.2. The molecule has 0 aliphatic carbocycles. The Morgan fingerprint density at radius 1 is 0.680 bits per heavy atom. The second kappa shape index (κ2) is 14.7. The van der Waals surface area contributed by atoms with Gasteiger partial charge in [-0.15, -0.1) is 0 Å². The minimum atomic E-state index is -1.12. The summed E-state index contributed by atoms with van der Waals surface area (Å²) >= 11 is 0. The summed E-state index contributed by atoms with van der Waals surface area (Å²) in [4.78, 5) is 57.1. The number of nitrogens with one attached hydrogen (secondary N) is 1. The van der Waals surface area contributed by atoms with Crippen molar-refractivity contribution in [2.45, 2.75) is 0 Å². The Kier molecular flexibility index (Phi) is 9.66. The lowest BCUT2D eigenvalue weighted by molar-refractivity contribution is 0.102. The van der Waals surface area contributed by atoms with Gasteiger partial charge in [-0.25, -0.2) is 23.4 Å². The molecule has 4 aromatic carbocycles. The topological polar surface area (TPSA) is 129 Å². The Morgan fingerprint density at radius 3 is 1.92 bits per heavy atom. The molecule has 1 N–H and O–H groups in total. The molecule has 0 spiro atoms. The number of ether oxygens (including phenoxy) is 3. The molecule has 0 atom stereocenters. The molecule has 0 bridgehead atoms. The molecule has 50 heavy (non-hydrogen) atoms. The van der Waals surface area contributed by atoms with Crippen molar-refractivity contribution in [2.75, 3.05) is 10.2 Å². The number of para-hydroxylation sites is 2. The van der Waals surface area contributed by atoms with E-state index in [1.165, 1.54) is 97.3 Å².